The van der Waals surface area contributed by atoms with E-state index in [0.29, 0.717) is 6.61 Å². The van der Waals surface area contributed by atoms with E-state index in [1.54, 1.807) is 7.11 Å². The zero-order valence-electron chi connectivity index (χ0n) is 12.4. The summed E-state index contributed by atoms with van der Waals surface area (Å²) in [5.74, 6) is 6.44. The standard InChI is InChI=1S/C15H26N2O2/c1-15(2,3)19-11-13(17-16)8-5-12-6-9-14(18-4)10-7-12/h6-7,9-10,13,17H,5,8,11,16H2,1-4H3. The molecular formula is C15H26N2O2. The smallest absolute Gasteiger partial charge is 0.118 e. The SMILES string of the molecule is COc1ccc(CCC(COC(C)(C)C)NN)cc1. The van der Waals surface area contributed by atoms with Crippen LogP contribution in [0.1, 0.15) is 32.8 Å². The highest BCUT2D eigenvalue weighted by Gasteiger charge is 2.14. The lowest BCUT2D eigenvalue weighted by Crippen LogP contribution is -2.41. The molecule has 0 spiro atoms. The summed E-state index contributed by atoms with van der Waals surface area (Å²) in [5, 5.41) is 0. The second-order valence-electron chi connectivity index (χ2n) is 5.67. The molecule has 19 heavy (non-hydrogen) atoms. The summed E-state index contributed by atoms with van der Waals surface area (Å²) in [6, 6.07) is 8.28. The summed E-state index contributed by atoms with van der Waals surface area (Å²) in [6.45, 7) is 6.76. The highest BCUT2D eigenvalue weighted by molar-refractivity contribution is 5.27. The Balaban J connectivity index is 2.39. The van der Waals surface area contributed by atoms with Gasteiger partial charge in [-0.15, -0.1) is 0 Å². The van der Waals surface area contributed by atoms with Crippen LogP contribution in [-0.2, 0) is 11.2 Å². The van der Waals surface area contributed by atoms with Crippen molar-refractivity contribution in [1.82, 2.24) is 5.43 Å². The van der Waals surface area contributed by atoms with Gasteiger partial charge in [0.25, 0.3) is 0 Å². The lowest BCUT2D eigenvalue weighted by Gasteiger charge is -2.24. The van der Waals surface area contributed by atoms with Gasteiger partial charge in [0.05, 0.1) is 19.3 Å². The number of methoxy groups -OCH3 is 1. The first-order chi connectivity index (χ1) is 8.94. The van der Waals surface area contributed by atoms with Crippen molar-refractivity contribution in [3.63, 3.8) is 0 Å². The van der Waals surface area contributed by atoms with Crippen molar-refractivity contribution in [2.45, 2.75) is 45.3 Å². The van der Waals surface area contributed by atoms with E-state index in [1.807, 2.05) is 32.9 Å². The van der Waals surface area contributed by atoms with Gasteiger partial charge in [0.2, 0.25) is 0 Å². The summed E-state index contributed by atoms with van der Waals surface area (Å²) in [7, 11) is 1.67. The summed E-state index contributed by atoms with van der Waals surface area (Å²) in [6.07, 6.45) is 1.91. The van der Waals surface area contributed by atoms with Crippen LogP contribution in [0, 0.1) is 0 Å². The lowest BCUT2D eigenvalue weighted by atomic mass is 10.1. The van der Waals surface area contributed by atoms with E-state index in [9.17, 15) is 0 Å². The van der Waals surface area contributed by atoms with E-state index in [4.69, 9.17) is 15.3 Å². The Morgan fingerprint density at radius 1 is 1.21 bits per heavy atom. The molecule has 108 valence electrons. The van der Waals surface area contributed by atoms with Gasteiger partial charge in [-0.1, -0.05) is 12.1 Å². The van der Waals surface area contributed by atoms with Gasteiger partial charge < -0.3 is 9.47 Å². The van der Waals surface area contributed by atoms with Crippen LogP contribution in [-0.4, -0.2) is 25.4 Å². The fourth-order valence-electron chi connectivity index (χ4n) is 1.70. The van der Waals surface area contributed by atoms with Gasteiger partial charge in [0.1, 0.15) is 5.75 Å². The monoisotopic (exact) mass is 266 g/mol. The molecule has 3 N–H and O–H groups in total. The molecule has 0 bridgehead atoms. The Labute approximate surface area is 116 Å². The summed E-state index contributed by atoms with van der Waals surface area (Å²) < 4.78 is 10.9. The highest BCUT2D eigenvalue weighted by atomic mass is 16.5. The van der Waals surface area contributed by atoms with Gasteiger partial charge in [-0.3, -0.25) is 11.3 Å². The second-order valence-corrected chi connectivity index (χ2v) is 5.67. The molecule has 1 aromatic carbocycles. The third-order valence-electron chi connectivity index (χ3n) is 2.89. The number of rotatable bonds is 7. The predicted molar refractivity (Wildman–Crippen MR) is 78.1 cm³/mol. The van der Waals surface area contributed by atoms with Crippen LogP contribution in [0.5, 0.6) is 5.75 Å². The topological polar surface area (TPSA) is 56.5 Å². The first kappa shape index (κ1) is 16.0. The first-order valence-electron chi connectivity index (χ1n) is 6.67. The van der Waals surface area contributed by atoms with Gasteiger partial charge in [0.15, 0.2) is 0 Å². The number of ether oxygens (including phenoxy) is 2. The van der Waals surface area contributed by atoms with Crippen LogP contribution < -0.4 is 16.0 Å². The van der Waals surface area contributed by atoms with Crippen molar-refractivity contribution in [1.29, 1.82) is 0 Å². The molecule has 1 atom stereocenters. The first-order valence-corrected chi connectivity index (χ1v) is 6.67. The summed E-state index contributed by atoms with van der Waals surface area (Å²) in [5.41, 5.74) is 3.96. The fraction of sp³-hybridized carbons (Fsp3) is 0.600. The summed E-state index contributed by atoms with van der Waals surface area (Å²) in [4.78, 5) is 0. The van der Waals surface area contributed by atoms with Crippen molar-refractivity contribution in [3.05, 3.63) is 29.8 Å². The maximum Gasteiger partial charge on any atom is 0.118 e. The molecule has 0 saturated heterocycles. The zero-order chi connectivity index (χ0) is 14.3. The minimum absolute atomic E-state index is 0.130. The van der Waals surface area contributed by atoms with E-state index in [0.717, 1.165) is 18.6 Å². The number of hydrazine groups is 1. The van der Waals surface area contributed by atoms with Gasteiger partial charge in [0, 0.05) is 6.04 Å². The molecular weight excluding hydrogens is 240 g/mol. The third-order valence-corrected chi connectivity index (χ3v) is 2.89. The van der Waals surface area contributed by atoms with Gasteiger partial charge in [-0.05, 0) is 51.3 Å². The average Bonchev–Trinajstić information content (AvgIpc) is 2.38. The lowest BCUT2D eigenvalue weighted by molar-refractivity contribution is -0.0153. The molecule has 4 heteroatoms. The van der Waals surface area contributed by atoms with E-state index in [1.165, 1.54) is 5.56 Å². The largest absolute Gasteiger partial charge is 0.497 e. The van der Waals surface area contributed by atoms with Crippen LogP contribution >= 0.6 is 0 Å². The van der Waals surface area contributed by atoms with Crippen LogP contribution in [0.25, 0.3) is 0 Å². The number of aryl methyl sites for hydroxylation is 1. The fourth-order valence-corrected chi connectivity index (χ4v) is 1.70. The van der Waals surface area contributed by atoms with Crippen LogP contribution in [0.15, 0.2) is 24.3 Å². The van der Waals surface area contributed by atoms with Crippen molar-refractivity contribution in [2.24, 2.45) is 5.84 Å². The van der Waals surface area contributed by atoms with Gasteiger partial charge in [-0.25, -0.2) is 0 Å². The minimum Gasteiger partial charge on any atom is -0.497 e. The maximum atomic E-state index is 5.74. The summed E-state index contributed by atoms with van der Waals surface area (Å²) >= 11 is 0. The number of nitrogens with two attached hydrogens (primary N) is 1. The van der Waals surface area contributed by atoms with E-state index in [-0.39, 0.29) is 11.6 Å². The Morgan fingerprint density at radius 2 is 1.84 bits per heavy atom. The van der Waals surface area contributed by atoms with E-state index >= 15 is 0 Å². The normalized spacial score (nSPS) is 13.3. The predicted octanol–water partition coefficient (Wildman–Crippen LogP) is 2.27. The molecule has 0 aliphatic heterocycles. The molecule has 0 aliphatic carbocycles. The van der Waals surface area contributed by atoms with E-state index < -0.39 is 0 Å². The number of hydrogen-bond acceptors (Lipinski definition) is 4. The Kier molecular flexibility index (Phi) is 6.28. The van der Waals surface area contributed by atoms with Crippen molar-refractivity contribution in [3.8, 4) is 5.75 Å². The van der Waals surface area contributed by atoms with Gasteiger partial charge in [-0.2, -0.15) is 0 Å². The van der Waals surface area contributed by atoms with E-state index in [2.05, 4.69) is 17.6 Å². The number of nitrogens with one attached hydrogen (secondary N) is 1. The molecule has 0 fully saturated rings. The highest BCUT2D eigenvalue weighted by Crippen LogP contribution is 2.14. The Hall–Kier alpha value is -1.10. The van der Waals surface area contributed by atoms with Crippen LogP contribution in [0.2, 0.25) is 0 Å². The van der Waals surface area contributed by atoms with Crippen molar-refractivity contribution in [2.75, 3.05) is 13.7 Å². The maximum absolute atomic E-state index is 5.74. The zero-order valence-corrected chi connectivity index (χ0v) is 12.4. The molecule has 1 rings (SSSR count). The van der Waals surface area contributed by atoms with Crippen molar-refractivity contribution < 1.29 is 9.47 Å². The average molecular weight is 266 g/mol. The van der Waals surface area contributed by atoms with Gasteiger partial charge >= 0.3 is 0 Å². The van der Waals surface area contributed by atoms with Crippen molar-refractivity contribution >= 4 is 0 Å². The van der Waals surface area contributed by atoms with Crippen LogP contribution in [0.3, 0.4) is 0 Å². The molecule has 0 radical (unpaired) electrons. The molecule has 0 saturated carbocycles. The second kappa shape index (κ2) is 7.48. The quantitative estimate of drug-likeness (QED) is 0.587. The molecule has 0 heterocycles. The number of hydrogen-bond donors (Lipinski definition) is 2. The third kappa shape index (κ3) is 6.57. The molecule has 0 aromatic heterocycles. The minimum atomic E-state index is -0.130. The Morgan fingerprint density at radius 3 is 2.32 bits per heavy atom. The molecule has 0 aliphatic rings. The molecule has 1 aromatic rings. The van der Waals surface area contributed by atoms with Crippen LogP contribution in [0.4, 0.5) is 0 Å². The number of benzene rings is 1. The molecule has 4 nitrogen and oxygen atoms in total. The Bertz CT molecular complexity index is 357. The molecule has 0 amide bonds. The molecule has 1 unspecified atom stereocenters.